The molecule has 186 valence electrons. The van der Waals surface area contributed by atoms with Crippen LogP contribution in [0.1, 0.15) is 18.2 Å². The molecule has 1 heterocycles. The van der Waals surface area contributed by atoms with Crippen molar-refractivity contribution >= 4 is 17.3 Å². The van der Waals surface area contributed by atoms with Crippen molar-refractivity contribution in [1.29, 1.82) is 0 Å². The summed E-state index contributed by atoms with van der Waals surface area (Å²) in [5.41, 5.74) is 2.62. The Labute approximate surface area is 202 Å². The fourth-order valence-electron chi connectivity index (χ4n) is 4.09. The Morgan fingerprint density at radius 2 is 1.66 bits per heavy atom. The van der Waals surface area contributed by atoms with E-state index < -0.39 is 18.1 Å². The average Bonchev–Trinajstić information content (AvgIpc) is 3.29. The van der Waals surface area contributed by atoms with Gasteiger partial charge < -0.3 is 19.9 Å². The predicted molar refractivity (Wildman–Crippen MR) is 129 cm³/mol. The lowest BCUT2D eigenvalue weighted by Crippen LogP contribution is -2.31. The van der Waals surface area contributed by atoms with Crippen LogP contribution in [0, 0.1) is 5.82 Å². The van der Waals surface area contributed by atoms with Crippen molar-refractivity contribution < 1.29 is 28.5 Å². The van der Waals surface area contributed by atoms with Gasteiger partial charge in [0.15, 0.2) is 0 Å². The molecule has 1 fully saturated rings. The number of ether oxygens (including phenoxy) is 1. The van der Waals surface area contributed by atoms with Crippen LogP contribution in [-0.4, -0.2) is 50.4 Å². The van der Waals surface area contributed by atoms with E-state index in [1.54, 1.807) is 36.4 Å². The lowest BCUT2D eigenvalue weighted by atomic mass is 10.0. The van der Waals surface area contributed by atoms with Crippen LogP contribution in [0.25, 0.3) is 11.1 Å². The van der Waals surface area contributed by atoms with E-state index >= 15 is 0 Å². The number of halogens is 4. The number of carbonyl (C=O) groups excluding carboxylic acids is 1. The van der Waals surface area contributed by atoms with Crippen molar-refractivity contribution in [3.8, 4) is 16.9 Å². The number of likely N-dealkylation sites (N-methyl/N-ethyl adjacent to an activating group) is 1. The smallest absolute Gasteiger partial charge is 0.406 e. The maximum Gasteiger partial charge on any atom is 0.573 e. The fraction of sp³-hybridized carbons (Fsp3) is 0.269. The van der Waals surface area contributed by atoms with Gasteiger partial charge in [0.25, 0.3) is 5.91 Å². The number of anilines is 2. The van der Waals surface area contributed by atoms with Crippen LogP contribution in [0.2, 0.25) is 0 Å². The van der Waals surface area contributed by atoms with E-state index in [-0.39, 0.29) is 7.18 Å². The molecule has 0 radical (unpaired) electrons. The Bertz CT molecular complexity index is 1190. The largest absolute Gasteiger partial charge is 0.573 e. The monoisotopic (exact) mass is 489 g/mol. The Hall–Kier alpha value is -3.59. The van der Waals surface area contributed by atoms with E-state index in [9.17, 15) is 22.4 Å². The van der Waals surface area contributed by atoms with Crippen molar-refractivity contribution in [3.05, 3.63) is 78.1 Å². The zero-order valence-electron chi connectivity index (χ0n) is 19.3. The van der Waals surface area contributed by atoms with E-state index in [0.717, 1.165) is 25.1 Å². The SMILES string of the molecule is CN(C)C1CCN(c2ccc(NC(=O)c3ccc(-c4ccc(OC(F)(F)F)cc4)cc3)cc2F)C1.[HH]. The lowest BCUT2D eigenvalue weighted by Gasteiger charge is -2.22. The van der Waals surface area contributed by atoms with Gasteiger partial charge in [-0.05, 0) is 74.1 Å². The standard InChI is InChI=1S/C26H25F4N3O2.H2/c1-32(2)21-13-14-33(16-21)24-12-9-20(15-23(24)27)31-25(34)19-5-3-17(4-6-19)18-7-10-22(11-8-18)35-26(28,29)30;/h3-12,15,21H,13-14,16H2,1-2H3,(H,31,34);1H. The number of benzene rings is 3. The highest BCUT2D eigenvalue weighted by Crippen LogP contribution is 2.29. The molecule has 1 N–H and O–H groups in total. The van der Waals surface area contributed by atoms with Gasteiger partial charge in [-0.25, -0.2) is 4.39 Å². The van der Waals surface area contributed by atoms with E-state index in [2.05, 4.69) is 15.0 Å². The van der Waals surface area contributed by atoms with E-state index in [1.807, 2.05) is 19.0 Å². The van der Waals surface area contributed by atoms with E-state index in [4.69, 9.17) is 0 Å². The second kappa shape index (κ2) is 9.95. The van der Waals surface area contributed by atoms with Crippen molar-refractivity contribution in [2.75, 3.05) is 37.4 Å². The van der Waals surface area contributed by atoms with Crippen LogP contribution in [0.5, 0.6) is 5.75 Å². The maximum atomic E-state index is 14.8. The molecule has 0 spiro atoms. The van der Waals surface area contributed by atoms with Gasteiger partial charge in [0.1, 0.15) is 11.6 Å². The molecule has 1 aliphatic rings. The Balaban J connectivity index is 0.00000361. The molecule has 4 rings (SSSR count). The van der Waals surface area contributed by atoms with Crippen molar-refractivity contribution in [1.82, 2.24) is 4.90 Å². The Morgan fingerprint density at radius 3 is 2.20 bits per heavy atom. The zero-order chi connectivity index (χ0) is 25.2. The second-order valence-electron chi connectivity index (χ2n) is 8.62. The maximum absolute atomic E-state index is 14.8. The molecule has 0 saturated carbocycles. The molecule has 0 bridgehead atoms. The van der Waals surface area contributed by atoms with Crippen molar-refractivity contribution in [3.63, 3.8) is 0 Å². The fourth-order valence-corrected chi connectivity index (χ4v) is 4.09. The number of carbonyl (C=O) groups is 1. The summed E-state index contributed by atoms with van der Waals surface area (Å²) in [7, 11) is 4.03. The number of hydrogen-bond acceptors (Lipinski definition) is 4. The highest BCUT2D eigenvalue weighted by molar-refractivity contribution is 6.04. The van der Waals surface area contributed by atoms with Crippen LogP contribution in [0.15, 0.2) is 66.7 Å². The summed E-state index contributed by atoms with van der Waals surface area (Å²) in [6, 6.07) is 17.1. The first-order valence-corrected chi connectivity index (χ1v) is 11.1. The Kier molecular flexibility index (Phi) is 6.98. The number of hydrogen-bond donors (Lipinski definition) is 1. The average molecular weight is 490 g/mol. The number of nitrogens with zero attached hydrogens (tertiary/aromatic N) is 2. The zero-order valence-corrected chi connectivity index (χ0v) is 19.3. The summed E-state index contributed by atoms with van der Waals surface area (Å²) < 4.78 is 55.6. The van der Waals surface area contributed by atoms with Gasteiger partial charge >= 0.3 is 6.36 Å². The molecule has 1 aliphatic heterocycles. The van der Waals surface area contributed by atoms with Gasteiger partial charge in [-0.3, -0.25) is 4.79 Å². The molecule has 0 aliphatic carbocycles. The second-order valence-corrected chi connectivity index (χ2v) is 8.62. The van der Waals surface area contributed by atoms with Crippen LogP contribution in [0.4, 0.5) is 28.9 Å². The third kappa shape index (κ3) is 6.10. The lowest BCUT2D eigenvalue weighted by molar-refractivity contribution is -0.274. The highest BCUT2D eigenvalue weighted by atomic mass is 19.4. The van der Waals surface area contributed by atoms with Crippen LogP contribution in [-0.2, 0) is 0 Å². The minimum Gasteiger partial charge on any atom is -0.406 e. The molecular formula is C26H27F4N3O2. The number of rotatable bonds is 6. The van der Waals surface area contributed by atoms with Crippen LogP contribution < -0.4 is 15.0 Å². The van der Waals surface area contributed by atoms with E-state index in [1.165, 1.54) is 30.3 Å². The summed E-state index contributed by atoms with van der Waals surface area (Å²) in [4.78, 5) is 16.8. The predicted octanol–water partition coefficient (Wildman–Crippen LogP) is 6.03. The molecule has 3 aromatic rings. The van der Waals surface area contributed by atoms with Crippen molar-refractivity contribution in [2.24, 2.45) is 0 Å². The molecule has 1 saturated heterocycles. The van der Waals surface area contributed by atoms with Gasteiger partial charge in [0.2, 0.25) is 0 Å². The number of amides is 1. The summed E-state index contributed by atoms with van der Waals surface area (Å²) in [6.07, 6.45) is -3.78. The van der Waals surface area contributed by atoms with E-state index in [0.29, 0.717) is 28.5 Å². The third-order valence-corrected chi connectivity index (χ3v) is 6.01. The van der Waals surface area contributed by atoms with Gasteiger partial charge in [-0.2, -0.15) is 0 Å². The summed E-state index contributed by atoms with van der Waals surface area (Å²) >= 11 is 0. The molecule has 5 nitrogen and oxygen atoms in total. The molecule has 9 heteroatoms. The summed E-state index contributed by atoms with van der Waals surface area (Å²) in [6.45, 7) is 1.52. The molecular weight excluding hydrogens is 462 g/mol. The first-order chi connectivity index (χ1) is 16.6. The Morgan fingerprint density at radius 1 is 1.03 bits per heavy atom. The van der Waals surface area contributed by atoms with Gasteiger partial charge in [0.05, 0.1) is 5.69 Å². The quantitative estimate of drug-likeness (QED) is 0.430. The summed E-state index contributed by atoms with van der Waals surface area (Å²) in [5, 5.41) is 2.70. The van der Waals surface area contributed by atoms with Gasteiger partial charge in [0, 0.05) is 31.8 Å². The minimum absolute atomic E-state index is 0. The molecule has 1 atom stereocenters. The molecule has 0 aromatic heterocycles. The third-order valence-electron chi connectivity index (χ3n) is 6.01. The molecule has 1 unspecified atom stereocenters. The summed E-state index contributed by atoms with van der Waals surface area (Å²) in [5.74, 6) is -1.10. The molecule has 1 amide bonds. The first-order valence-electron chi connectivity index (χ1n) is 11.1. The number of alkyl halides is 3. The van der Waals surface area contributed by atoms with Gasteiger partial charge in [-0.1, -0.05) is 24.3 Å². The van der Waals surface area contributed by atoms with Crippen LogP contribution in [0.3, 0.4) is 0 Å². The van der Waals surface area contributed by atoms with Crippen molar-refractivity contribution in [2.45, 2.75) is 18.8 Å². The topological polar surface area (TPSA) is 44.8 Å². The minimum atomic E-state index is -4.75. The first kappa shape index (κ1) is 24.5. The molecule has 3 aromatic carbocycles. The normalized spacial score (nSPS) is 16.0. The highest BCUT2D eigenvalue weighted by Gasteiger charge is 2.31. The van der Waals surface area contributed by atoms with Gasteiger partial charge in [-0.15, -0.1) is 13.2 Å². The number of nitrogens with one attached hydrogen (secondary N) is 1. The van der Waals surface area contributed by atoms with Crippen LogP contribution >= 0.6 is 0 Å². The molecule has 35 heavy (non-hydrogen) atoms.